The Kier molecular flexibility index (Phi) is 8.54. The fraction of sp³-hybridized carbons (Fsp3) is 0.0645. The monoisotopic (exact) mass is 604 g/mol. The number of thiazole rings is 1. The van der Waals surface area contributed by atoms with Crippen LogP contribution in [0, 0.1) is 0 Å². The zero-order valence-electron chi connectivity index (χ0n) is 21.6. The first-order valence-corrected chi connectivity index (χ1v) is 13.9. The molecule has 10 heteroatoms. The molecule has 0 radical (unpaired) electrons. The van der Waals surface area contributed by atoms with Crippen LogP contribution >= 0.6 is 34.5 Å². The van der Waals surface area contributed by atoms with E-state index < -0.39 is 6.16 Å². The van der Waals surface area contributed by atoms with Crippen molar-refractivity contribution in [3.63, 3.8) is 0 Å². The molecule has 0 atom stereocenters. The Morgan fingerprint density at radius 2 is 1.59 bits per heavy atom. The molecule has 0 aliphatic carbocycles. The van der Waals surface area contributed by atoms with Gasteiger partial charge in [-0.1, -0.05) is 59.6 Å². The first-order chi connectivity index (χ1) is 19.8. The summed E-state index contributed by atoms with van der Waals surface area (Å²) in [5, 5.41) is 15.7. The zero-order valence-corrected chi connectivity index (χ0v) is 23.9. The third-order valence-corrected chi connectivity index (χ3v) is 7.85. The van der Waals surface area contributed by atoms with Gasteiger partial charge in [-0.3, -0.25) is 4.79 Å². The highest BCUT2D eigenvalue weighted by Gasteiger charge is 2.16. The molecule has 5 aromatic rings. The number of nitrogens with zero attached hydrogens (tertiary/aromatic N) is 1. The van der Waals surface area contributed by atoms with Gasteiger partial charge in [-0.05, 0) is 59.7 Å². The van der Waals surface area contributed by atoms with Crippen molar-refractivity contribution in [1.29, 1.82) is 0 Å². The minimum absolute atomic E-state index is 0.151. The van der Waals surface area contributed by atoms with Gasteiger partial charge in [-0.2, -0.15) is 0 Å². The molecular weight excluding hydrogens is 583 g/mol. The fourth-order valence-electron chi connectivity index (χ4n) is 4.10. The molecule has 0 aliphatic heterocycles. The van der Waals surface area contributed by atoms with Crippen LogP contribution in [0.15, 0.2) is 90.3 Å². The predicted octanol–water partition coefficient (Wildman–Crippen LogP) is 8.45. The molecule has 0 aliphatic rings. The minimum Gasteiger partial charge on any atom is -0.497 e. The van der Waals surface area contributed by atoms with Crippen molar-refractivity contribution in [3.05, 3.63) is 111 Å². The van der Waals surface area contributed by atoms with Crippen LogP contribution in [0.25, 0.3) is 33.0 Å². The number of benzene rings is 4. The van der Waals surface area contributed by atoms with E-state index in [-0.39, 0.29) is 11.7 Å². The van der Waals surface area contributed by atoms with Crippen LogP contribution in [-0.4, -0.2) is 29.3 Å². The largest absolute Gasteiger partial charge is 0.511 e. The molecule has 1 aromatic heterocycles. The molecule has 1 heterocycles. The summed E-state index contributed by atoms with van der Waals surface area (Å²) in [7, 11) is 1.60. The first-order valence-electron chi connectivity index (χ1n) is 12.3. The van der Waals surface area contributed by atoms with Crippen LogP contribution in [-0.2, 0) is 6.54 Å². The second kappa shape index (κ2) is 12.4. The highest BCUT2D eigenvalue weighted by Crippen LogP contribution is 2.37. The lowest BCUT2D eigenvalue weighted by Crippen LogP contribution is -2.22. The van der Waals surface area contributed by atoms with E-state index in [1.807, 2.05) is 41.8 Å². The van der Waals surface area contributed by atoms with E-state index in [2.05, 4.69) is 10.3 Å². The molecule has 41 heavy (non-hydrogen) atoms. The molecule has 4 aromatic carbocycles. The second-order valence-corrected chi connectivity index (χ2v) is 10.5. The number of amides is 1. The number of methoxy groups -OCH3 is 1. The van der Waals surface area contributed by atoms with Gasteiger partial charge in [0.05, 0.1) is 22.8 Å². The van der Waals surface area contributed by atoms with Gasteiger partial charge < -0.3 is 19.9 Å². The van der Waals surface area contributed by atoms with Crippen LogP contribution in [0.1, 0.15) is 15.9 Å². The van der Waals surface area contributed by atoms with Crippen molar-refractivity contribution < 1.29 is 24.2 Å². The van der Waals surface area contributed by atoms with Crippen molar-refractivity contribution in [3.8, 4) is 44.5 Å². The SMILES string of the molecule is COc1ccc(CNC(=O)c2ccc(-c3ccc(-c4nc(-c5ccc(Cl)c(Cl)c5)cs4)cc3OC(=O)O)cc2)cc1. The van der Waals surface area contributed by atoms with Crippen LogP contribution < -0.4 is 14.8 Å². The molecule has 206 valence electrons. The van der Waals surface area contributed by atoms with E-state index in [9.17, 15) is 14.7 Å². The Balaban J connectivity index is 1.35. The molecular formula is C31H22Cl2N2O5S. The Morgan fingerprint density at radius 3 is 2.27 bits per heavy atom. The number of carboxylic acid groups (broad SMARTS) is 1. The Hall–Kier alpha value is -4.37. The second-order valence-electron chi connectivity index (χ2n) is 8.85. The topological polar surface area (TPSA) is 97.8 Å². The number of hydrogen-bond donors (Lipinski definition) is 2. The van der Waals surface area contributed by atoms with Gasteiger partial charge in [0, 0.05) is 34.2 Å². The summed E-state index contributed by atoms with van der Waals surface area (Å²) < 4.78 is 10.3. The Morgan fingerprint density at radius 1 is 0.878 bits per heavy atom. The molecule has 2 N–H and O–H groups in total. The van der Waals surface area contributed by atoms with Gasteiger partial charge in [-0.15, -0.1) is 11.3 Å². The summed E-state index contributed by atoms with van der Waals surface area (Å²) in [6, 6.07) is 24.8. The first kappa shape index (κ1) is 28.2. The Labute approximate surface area is 249 Å². The molecule has 0 fully saturated rings. The van der Waals surface area contributed by atoms with E-state index in [4.69, 9.17) is 32.7 Å². The van der Waals surface area contributed by atoms with Gasteiger partial charge in [-0.25, -0.2) is 9.78 Å². The van der Waals surface area contributed by atoms with Gasteiger partial charge in [0.25, 0.3) is 5.91 Å². The molecule has 7 nitrogen and oxygen atoms in total. The summed E-state index contributed by atoms with van der Waals surface area (Å²) in [6.45, 7) is 0.367. The smallest absolute Gasteiger partial charge is 0.497 e. The number of carbonyl (C=O) groups excluding carboxylic acids is 1. The van der Waals surface area contributed by atoms with Crippen molar-refractivity contribution >= 4 is 46.6 Å². The summed E-state index contributed by atoms with van der Waals surface area (Å²) in [6.07, 6.45) is -1.44. The van der Waals surface area contributed by atoms with Gasteiger partial charge >= 0.3 is 6.16 Å². The van der Waals surface area contributed by atoms with Crippen molar-refractivity contribution in [1.82, 2.24) is 10.3 Å². The molecule has 0 unspecified atom stereocenters. The maximum absolute atomic E-state index is 12.7. The molecule has 0 bridgehead atoms. The predicted molar refractivity (Wildman–Crippen MR) is 161 cm³/mol. The molecule has 0 saturated carbocycles. The van der Waals surface area contributed by atoms with Crippen LogP contribution in [0.3, 0.4) is 0 Å². The average molecular weight is 605 g/mol. The van der Waals surface area contributed by atoms with E-state index in [1.54, 1.807) is 55.6 Å². The fourth-order valence-corrected chi connectivity index (χ4v) is 5.22. The number of hydrogen-bond acceptors (Lipinski definition) is 6. The number of nitrogens with one attached hydrogen (secondary N) is 1. The van der Waals surface area contributed by atoms with Crippen molar-refractivity contribution in [2.75, 3.05) is 7.11 Å². The standard InChI is InChI=1S/C31H22Cl2N2O5S/c1-39-23-10-2-18(3-11-23)16-34-29(36)20-6-4-19(5-7-20)24-12-8-22(15-28(24)40-31(37)38)30-35-27(17-41-30)21-9-13-25(32)26(33)14-21/h2-15,17H,16H2,1H3,(H,34,36)(H,37,38). The van der Waals surface area contributed by atoms with Crippen molar-refractivity contribution in [2.24, 2.45) is 0 Å². The number of carbonyl (C=O) groups is 2. The Bertz CT molecular complexity index is 1720. The van der Waals surface area contributed by atoms with Crippen LogP contribution in [0.4, 0.5) is 4.79 Å². The van der Waals surface area contributed by atoms with Gasteiger partial charge in [0.15, 0.2) is 0 Å². The number of ether oxygens (including phenoxy) is 2. The quantitative estimate of drug-likeness (QED) is 0.136. The van der Waals surface area contributed by atoms with Crippen molar-refractivity contribution in [2.45, 2.75) is 6.54 Å². The molecule has 1 amide bonds. The maximum atomic E-state index is 12.7. The lowest BCUT2D eigenvalue weighted by Gasteiger charge is -2.11. The third-order valence-electron chi connectivity index (χ3n) is 6.22. The average Bonchev–Trinajstić information content (AvgIpc) is 3.48. The van der Waals surface area contributed by atoms with E-state index in [0.717, 1.165) is 16.9 Å². The normalized spacial score (nSPS) is 10.7. The molecule has 0 saturated heterocycles. The minimum atomic E-state index is -1.44. The number of rotatable bonds is 8. The van der Waals surface area contributed by atoms with Crippen LogP contribution in [0.5, 0.6) is 11.5 Å². The lowest BCUT2D eigenvalue weighted by molar-refractivity contribution is 0.0950. The van der Waals surface area contributed by atoms with Gasteiger partial charge in [0.2, 0.25) is 0 Å². The van der Waals surface area contributed by atoms with E-state index >= 15 is 0 Å². The summed E-state index contributed by atoms with van der Waals surface area (Å²) in [4.78, 5) is 28.9. The van der Waals surface area contributed by atoms with E-state index in [0.29, 0.717) is 49.5 Å². The zero-order chi connectivity index (χ0) is 28.9. The highest BCUT2D eigenvalue weighted by molar-refractivity contribution is 7.13. The molecule has 0 spiro atoms. The maximum Gasteiger partial charge on any atom is 0.511 e. The summed E-state index contributed by atoms with van der Waals surface area (Å²) in [5.41, 5.74) is 4.88. The lowest BCUT2D eigenvalue weighted by atomic mass is 10.0. The van der Waals surface area contributed by atoms with Crippen LogP contribution in [0.2, 0.25) is 10.0 Å². The highest BCUT2D eigenvalue weighted by atomic mass is 35.5. The summed E-state index contributed by atoms with van der Waals surface area (Å²) >= 11 is 13.6. The molecule has 5 rings (SSSR count). The number of aromatic nitrogens is 1. The summed E-state index contributed by atoms with van der Waals surface area (Å²) in [5.74, 6) is 0.666. The number of halogens is 2. The third kappa shape index (κ3) is 6.69. The van der Waals surface area contributed by atoms with E-state index in [1.165, 1.54) is 11.3 Å². The van der Waals surface area contributed by atoms with Gasteiger partial charge in [0.1, 0.15) is 16.5 Å².